The maximum Gasteiger partial charge on any atom is 0.0547 e. The average Bonchev–Trinajstić information content (AvgIpc) is 3.76. The van der Waals surface area contributed by atoms with E-state index in [-0.39, 0.29) is 21.7 Å². The Morgan fingerprint density at radius 1 is 0.266 bits per heavy atom. The Morgan fingerprint density at radius 3 is 0.781 bits per heavy atom. The highest BCUT2D eigenvalue weighted by molar-refractivity contribution is 6.15. The Labute approximate surface area is 380 Å². The standard InChI is InChI=1S/C62H62N2/c1-59(2,3)41-23-29-51-47(35-41)48-36-42(60(4,5)6)24-30-52(48)63(51)55-33-27-46-45(57(55)39-19-15-13-16-20-39)28-34-56(58(46)40-21-17-14-18-22-40)64-53-31-25-43(61(7,8)9)37-49(53)50-38-44(62(10,11)12)26-32-54(50)64/h13-38H,1-12H3. The zero-order chi connectivity index (χ0) is 45.1. The predicted octanol–water partition coefficient (Wildman–Crippen LogP) is 17.6. The molecular weight excluding hydrogens is 773 g/mol. The molecule has 0 radical (unpaired) electrons. The van der Waals surface area contributed by atoms with E-state index in [2.05, 4.69) is 250 Å². The highest BCUT2D eigenvalue weighted by Gasteiger charge is 2.26. The van der Waals surface area contributed by atoms with Crippen molar-refractivity contribution >= 4 is 54.4 Å². The average molecular weight is 835 g/mol. The lowest BCUT2D eigenvalue weighted by Gasteiger charge is -2.22. The van der Waals surface area contributed by atoms with Gasteiger partial charge in [-0.1, -0.05) is 180 Å². The van der Waals surface area contributed by atoms with Gasteiger partial charge in [-0.25, -0.2) is 0 Å². The van der Waals surface area contributed by atoms with Crippen molar-refractivity contribution < 1.29 is 0 Å². The zero-order valence-corrected chi connectivity index (χ0v) is 39.9. The summed E-state index contributed by atoms with van der Waals surface area (Å²) in [7, 11) is 0. The molecule has 0 spiro atoms. The molecule has 2 aromatic heterocycles. The monoisotopic (exact) mass is 834 g/mol. The van der Waals surface area contributed by atoms with Gasteiger partial charge in [0.2, 0.25) is 0 Å². The van der Waals surface area contributed by atoms with Crippen LogP contribution < -0.4 is 0 Å². The summed E-state index contributed by atoms with van der Waals surface area (Å²) in [5, 5.41) is 7.63. The normalized spacial score (nSPS) is 13.0. The molecule has 10 rings (SSSR count). The van der Waals surface area contributed by atoms with Crippen LogP contribution in [0.15, 0.2) is 158 Å². The quantitative estimate of drug-likeness (QED) is 0.167. The van der Waals surface area contributed by atoms with Crippen molar-refractivity contribution in [2.75, 3.05) is 0 Å². The van der Waals surface area contributed by atoms with Crippen molar-refractivity contribution in [3.05, 3.63) is 180 Å². The summed E-state index contributed by atoms with van der Waals surface area (Å²) in [6.07, 6.45) is 0. The Balaban J connectivity index is 1.33. The molecule has 0 saturated heterocycles. The van der Waals surface area contributed by atoms with E-state index in [9.17, 15) is 0 Å². The molecular formula is C62H62N2. The first-order chi connectivity index (χ1) is 30.3. The van der Waals surface area contributed by atoms with E-state index in [1.807, 2.05) is 0 Å². The summed E-state index contributed by atoms with van der Waals surface area (Å²) in [6.45, 7) is 27.8. The van der Waals surface area contributed by atoms with Crippen LogP contribution in [0.3, 0.4) is 0 Å². The fourth-order valence-electron chi connectivity index (χ4n) is 10.0. The summed E-state index contributed by atoms with van der Waals surface area (Å²) in [6, 6.07) is 60.3. The van der Waals surface area contributed by atoms with Gasteiger partial charge < -0.3 is 9.13 Å². The highest BCUT2D eigenvalue weighted by Crippen LogP contribution is 2.47. The third kappa shape index (κ3) is 6.85. The molecule has 0 bridgehead atoms. The van der Waals surface area contributed by atoms with E-state index >= 15 is 0 Å². The molecule has 0 aliphatic rings. The number of aromatic nitrogens is 2. The molecule has 0 fully saturated rings. The van der Waals surface area contributed by atoms with E-state index in [0.717, 1.165) is 0 Å². The number of nitrogens with zero attached hydrogens (tertiary/aromatic N) is 2. The predicted molar refractivity (Wildman–Crippen MR) is 278 cm³/mol. The van der Waals surface area contributed by atoms with Gasteiger partial charge in [0.15, 0.2) is 0 Å². The number of hydrogen-bond acceptors (Lipinski definition) is 0. The summed E-state index contributed by atoms with van der Waals surface area (Å²) in [4.78, 5) is 0. The molecule has 0 amide bonds. The molecule has 0 saturated carbocycles. The molecule has 0 aliphatic carbocycles. The van der Waals surface area contributed by atoms with Crippen LogP contribution >= 0.6 is 0 Å². The summed E-state index contributed by atoms with van der Waals surface area (Å²) >= 11 is 0. The molecule has 320 valence electrons. The first kappa shape index (κ1) is 41.6. The molecule has 2 nitrogen and oxygen atoms in total. The van der Waals surface area contributed by atoms with Gasteiger partial charge in [-0.3, -0.25) is 0 Å². The molecule has 2 heteroatoms. The second-order valence-corrected chi connectivity index (χ2v) is 22.3. The Kier molecular flexibility index (Phi) is 9.48. The van der Waals surface area contributed by atoms with Crippen LogP contribution in [0.1, 0.15) is 105 Å². The summed E-state index contributed by atoms with van der Waals surface area (Å²) < 4.78 is 5.07. The first-order valence-electron chi connectivity index (χ1n) is 23.2. The minimum atomic E-state index is 0.0219. The van der Waals surface area contributed by atoms with Crippen molar-refractivity contribution in [2.24, 2.45) is 0 Å². The molecule has 10 aromatic rings. The lowest BCUT2D eigenvalue weighted by Crippen LogP contribution is -2.10. The fraction of sp³-hybridized carbons (Fsp3) is 0.258. The molecule has 0 unspecified atom stereocenters. The number of rotatable bonds is 4. The van der Waals surface area contributed by atoms with Crippen LogP contribution in [0.2, 0.25) is 0 Å². The minimum Gasteiger partial charge on any atom is -0.309 e. The maximum atomic E-state index is 2.54. The number of hydrogen-bond donors (Lipinski definition) is 0. The van der Waals surface area contributed by atoms with Gasteiger partial charge in [0, 0.05) is 32.7 Å². The van der Waals surface area contributed by atoms with E-state index in [0.29, 0.717) is 0 Å². The van der Waals surface area contributed by atoms with Gasteiger partial charge in [0.25, 0.3) is 0 Å². The van der Waals surface area contributed by atoms with Gasteiger partial charge >= 0.3 is 0 Å². The second kappa shape index (κ2) is 14.6. The van der Waals surface area contributed by atoms with E-state index in [1.165, 1.54) is 110 Å². The largest absolute Gasteiger partial charge is 0.309 e. The molecule has 0 atom stereocenters. The Hall–Kier alpha value is -6.38. The van der Waals surface area contributed by atoms with Crippen LogP contribution in [0, 0.1) is 0 Å². The van der Waals surface area contributed by atoms with Crippen LogP contribution in [-0.2, 0) is 21.7 Å². The molecule has 8 aromatic carbocycles. The van der Waals surface area contributed by atoms with Crippen LogP contribution in [0.25, 0.3) is 88.0 Å². The van der Waals surface area contributed by atoms with Gasteiger partial charge in [-0.05, 0) is 126 Å². The van der Waals surface area contributed by atoms with Crippen molar-refractivity contribution in [1.29, 1.82) is 0 Å². The number of benzene rings is 8. The van der Waals surface area contributed by atoms with Crippen LogP contribution in [-0.4, -0.2) is 9.13 Å². The van der Waals surface area contributed by atoms with Crippen LogP contribution in [0.4, 0.5) is 0 Å². The molecule has 0 N–H and O–H groups in total. The summed E-state index contributed by atoms with van der Waals surface area (Å²) in [5.41, 5.74) is 17.6. The van der Waals surface area contributed by atoms with Crippen molar-refractivity contribution in [3.63, 3.8) is 0 Å². The van der Waals surface area contributed by atoms with E-state index in [4.69, 9.17) is 0 Å². The van der Waals surface area contributed by atoms with Crippen molar-refractivity contribution in [1.82, 2.24) is 9.13 Å². The topological polar surface area (TPSA) is 9.86 Å². The Bertz CT molecular complexity index is 3060. The zero-order valence-electron chi connectivity index (χ0n) is 39.9. The number of fused-ring (bicyclic) bond motifs is 7. The maximum absolute atomic E-state index is 2.54. The van der Waals surface area contributed by atoms with Gasteiger partial charge in [-0.2, -0.15) is 0 Å². The smallest absolute Gasteiger partial charge is 0.0547 e. The van der Waals surface area contributed by atoms with Crippen LogP contribution in [0.5, 0.6) is 0 Å². The SMILES string of the molecule is CC(C)(C)c1ccc2c(c1)c1cc(C(C)(C)C)ccc1n2-c1ccc2c(-c3ccccc3)c(-n3c4ccc(C(C)(C)C)cc4c4cc(C(C)(C)C)ccc43)ccc2c1-c1ccccc1. The van der Waals surface area contributed by atoms with E-state index in [1.54, 1.807) is 0 Å². The molecule has 2 heterocycles. The third-order valence-corrected chi connectivity index (χ3v) is 13.8. The van der Waals surface area contributed by atoms with Gasteiger partial charge in [-0.15, -0.1) is 0 Å². The fourth-order valence-corrected chi connectivity index (χ4v) is 10.0. The highest BCUT2D eigenvalue weighted by atomic mass is 15.0. The molecule has 0 aliphatic heterocycles. The summed E-state index contributed by atoms with van der Waals surface area (Å²) in [5.74, 6) is 0. The van der Waals surface area contributed by atoms with Gasteiger partial charge in [0.1, 0.15) is 0 Å². The Morgan fingerprint density at radius 2 is 0.531 bits per heavy atom. The van der Waals surface area contributed by atoms with Crippen molar-refractivity contribution in [3.8, 4) is 33.6 Å². The third-order valence-electron chi connectivity index (χ3n) is 13.8. The van der Waals surface area contributed by atoms with Crippen molar-refractivity contribution in [2.45, 2.75) is 105 Å². The lowest BCUT2D eigenvalue weighted by molar-refractivity contribution is 0.590. The van der Waals surface area contributed by atoms with E-state index < -0.39 is 0 Å². The molecule has 64 heavy (non-hydrogen) atoms. The minimum absolute atomic E-state index is 0.0219. The van der Waals surface area contributed by atoms with Gasteiger partial charge in [0.05, 0.1) is 33.4 Å². The lowest BCUT2D eigenvalue weighted by atomic mass is 9.85. The first-order valence-corrected chi connectivity index (χ1v) is 23.2. The second-order valence-electron chi connectivity index (χ2n) is 22.3.